The molecule has 0 unspecified atom stereocenters. The highest BCUT2D eigenvalue weighted by atomic mass is 19.1. The Morgan fingerprint density at radius 3 is 2.00 bits per heavy atom. The smallest absolute Gasteiger partial charge is 0.344 e. The van der Waals surface area contributed by atoms with Crippen molar-refractivity contribution in [2.75, 3.05) is 0 Å². The lowest BCUT2D eigenvalue weighted by Gasteiger charge is -2.29. The van der Waals surface area contributed by atoms with Crippen molar-refractivity contribution in [3.05, 3.63) is 34.9 Å². The van der Waals surface area contributed by atoms with Crippen molar-refractivity contribution in [3.63, 3.8) is 0 Å². The molecule has 0 spiro atoms. The van der Waals surface area contributed by atoms with E-state index < -0.39 is 23.2 Å². The van der Waals surface area contributed by atoms with Gasteiger partial charge in [0.25, 0.3) is 0 Å². The standard InChI is InChI=1S/C27H40F2O2/c1-3-5-6-8-20-9-13-21(14-10-20)22-17-24(28)26(25(29)18-22)27(30)31-23-15-11-19(7-4-2)12-16-23/h17-21,23H,3-16H2,1-2H3. The van der Waals surface area contributed by atoms with E-state index in [1.807, 2.05) is 0 Å². The molecule has 3 rings (SSSR count). The van der Waals surface area contributed by atoms with Crippen LogP contribution in [0.4, 0.5) is 8.78 Å². The lowest BCUT2D eigenvalue weighted by atomic mass is 9.77. The summed E-state index contributed by atoms with van der Waals surface area (Å²) in [4.78, 5) is 12.5. The van der Waals surface area contributed by atoms with Gasteiger partial charge in [-0.2, -0.15) is 0 Å². The molecule has 0 N–H and O–H groups in total. The third kappa shape index (κ3) is 6.76. The van der Waals surface area contributed by atoms with E-state index in [0.717, 1.165) is 57.3 Å². The second kappa shape index (κ2) is 12.0. The topological polar surface area (TPSA) is 26.3 Å². The van der Waals surface area contributed by atoms with Crippen molar-refractivity contribution in [3.8, 4) is 0 Å². The summed E-state index contributed by atoms with van der Waals surface area (Å²) < 4.78 is 35.0. The van der Waals surface area contributed by atoms with Gasteiger partial charge in [-0.25, -0.2) is 13.6 Å². The number of hydrogen-bond donors (Lipinski definition) is 0. The highest BCUT2D eigenvalue weighted by Gasteiger charge is 2.29. The van der Waals surface area contributed by atoms with Crippen LogP contribution in [0, 0.1) is 23.5 Å². The summed E-state index contributed by atoms with van der Waals surface area (Å²) >= 11 is 0. The van der Waals surface area contributed by atoms with Gasteiger partial charge in [-0.15, -0.1) is 0 Å². The molecule has 2 aliphatic rings. The van der Waals surface area contributed by atoms with E-state index in [-0.39, 0.29) is 12.0 Å². The van der Waals surface area contributed by atoms with Crippen LogP contribution < -0.4 is 0 Å². The minimum Gasteiger partial charge on any atom is -0.459 e. The van der Waals surface area contributed by atoms with Crippen LogP contribution in [0.3, 0.4) is 0 Å². The van der Waals surface area contributed by atoms with E-state index in [2.05, 4.69) is 13.8 Å². The summed E-state index contributed by atoms with van der Waals surface area (Å²) in [6, 6.07) is 2.75. The molecule has 0 aliphatic heterocycles. The molecule has 0 radical (unpaired) electrons. The van der Waals surface area contributed by atoms with Crippen molar-refractivity contribution in [2.24, 2.45) is 11.8 Å². The van der Waals surface area contributed by atoms with E-state index in [1.165, 1.54) is 50.7 Å². The van der Waals surface area contributed by atoms with Crippen molar-refractivity contribution in [1.82, 2.24) is 0 Å². The molecular weight excluding hydrogens is 394 g/mol. The lowest BCUT2D eigenvalue weighted by molar-refractivity contribution is 0.0151. The van der Waals surface area contributed by atoms with Crippen LogP contribution in [0.5, 0.6) is 0 Å². The summed E-state index contributed by atoms with van der Waals surface area (Å²) in [6.07, 6.45) is 15.1. The minimum absolute atomic E-state index is 0.185. The first-order valence-electron chi connectivity index (χ1n) is 12.7. The molecule has 174 valence electrons. The number of carbonyl (C=O) groups is 1. The van der Waals surface area contributed by atoms with Gasteiger partial charge in [-0.1, -0.05) is 52.4 Å². The van der Waals surface area contributed by atoms with Crippen molar-refractivity contribution in [1.29, 1.82) is 0 Å². The Morgan fingerprint density at radius 2 is 1.42 bits per heavy atom. The predicted octanol–water partition coefficient (Wildman–Crippen LogP) is 8.33. The molecule has 0 bridgehead atoms. The monoisotopic (exact) mass is 434 g/mol. The Balaban J connectivity index is 1.55. The number of rotatable bonds is 9. The predicted molar refractivity (Wildman–Crippen MR) is 121 cm³/mol. The summed E-state index contributed by atoms with van der Waals surface area (Å²) in [5.74, 6) is -0.770. The number of halogens is 2. The number of unbranched alkanes of at least 4 members (excludes halogenated alkanes) is 2. The maximum Gasteiger partial charge on any atom is 0.344 e. The Morgan fingerprint density at radius 1 is 0.839 bits per heavy atom. The molecule has 1 aromatic rings. The first-order valence-corrected chi connectivity index (χ1v) is 12.7. The van der Waals surface area contributed by atoms with Crippen LogP contribution in [0.15, 0.2) is 12.1 Å². The van der Waals surface area contributed by atoms with Crippen molar-refractivity contribution < 1.29 is 18.3 Å². The molecule has 0 amide bonds. The van der Waals surface area contributed by atoms with Crippen LogP contribution in [0.2, 0.25) is 0 Å². The third-order valence-corrected chi connectivity index (χ3v) is 7.57. The van der Waals surface area contributed by atoms with Gasteiger partial charge in [-0.3, -0.25) is 0 Å². The molecule has 2 fully saturated rings. The van der Waals surface area contributed by atoms with Gasteiger partial charge in [0, 0.05) is 0 Å². The molecule has 0 heterocycles. The Bertz CT molecular complexity index is 678. The number of ether oxygens (including phenoxy) is 1. The Kier molecular flexibility index (Phi) is 9.34. The molecule has 2 aliphatic carbocycles. The quantitative estimate of drug-likeness (QED) is 0.288. The number of carbonyl (C=O) groups excluding carboxylic acids is 1. The zero-order valence-corrected chi connectivity index (χ0v) is 19.4. The van der Waals surface area contributed by atoms with Crippen LogP contribution in [-0.4, -0.2) is 12.1 Å². The van der Waals surface area contributed by atoms with Crippen molar-refractivity contribution >= 4 is 5.97 Å². The van der Waals surface area contributed by atoms with Gasteiger partial charge in [-0.05, 0) is 86.8 Å². The second-order valence-electron chi connectivity index (χ2n) is 9.91. The number of esters is 1. The highest BCUT2D eigenvalue weighted by Crippen LogP contribution is 2.39. The molecule has 2 nitrogen and oxygen atoms in total. The van der Waals surface area contributed by atoms with Crippen LogP contribution in [0.25, 0.3) is 0 Å². The average Bonchev–Trinajstić information content (AvgIpc) is 2.75. The van der Waals surface area contributed by atoms with E-state index in [4.69, 9.17) is 4.74 Å². The summed E-state index contributed by atoms with van der Waals surface area (Å²) in [5.41, 5.74) is 0.173. The molecular formula is C27H40F2O2. The van der Waals surface area contributed by atoms with Gasteiger partial charge in [0.05, 0.1) is 0 Å². The summed E-state index contributed by atoms with van der Waals surface area (Å²) in [6.45, 7) is 4.40. The normalized spacial score (nSPS) is 26.6. The van der Waals surface area contributed by atoms with E-state index in [1.54, 1.807) is 0 Å². The van der Waals surface area contributed by atoms with Gasteiger partial charge < -0.3 is 4.74 Å². The number of hydrogen-bond acceptors (Lipinski definition) is 2. The largest absolute Gasteiger partial charge is 0.459 e. The first-order chi connectivity index (χ1) is 15.0. The van der Waals surface area contributed by atoms with E-state index >= 15 is 0 Å². The fourth-order valence-corrected chi connectivity index (χ4v) is 5.65. The van der Waals surface area contributed by atoms with Crippen LogP contribution >= 0.6 is 0 Å². The third-order valence-electron chi connectivity index (χ3n) is 7.57. The van der Waals surface area contributed by atoms with Gasteiger partial charge in [0.15, 0.2) is 0 Å². The molecule has 31 heavy (non-hydrogen) atoms. The molecule has 0 atom stereocenters. The Hall–Kier alpha value is -1.45. The van der Waals surface area contributed by atoms with Gasteiger partial charge in [0.1, 0.15) is 23.3 Å². The van der Waals surface area contributed by atoms with Gasteiger partial charge >= 0.3 is 5.97 Å². The summed E-state index contributed by atoms with van der Waals surface area (Å²) in [5, 5.41) is 0. The summed E-state index contributed by atoms with van der Waals surface area (Å²) in [7, 11) is 0. The average molecular weight is 435 g/mol. The molecule has 0 aromatic heterocycles. The maximum absolute atomic E-state index is 14.8. The second-order valence-corrected chi connectivity index (χ2v) is 9.91. The molecule has 2 saturated carbocycles. The van der Waals surface area contributed by atoms with Crippen molar-refractivity contribution in [2.45, 2.75) is 116 Å². The van der Waals surface area contributed by atoms with Gasteiger partial charge in [0.2, 0.25) is 0 Å². The fourth-order valence-electron chi connectivity index (χ4n) is 5.65. The minimum atomic E-state index is -0.847. The molecule has 1 aromatic carbocycles. The van der Waals surface area contributed by atoms with Crippen LogP contribution in [-0.2, 0) is 4.74 Å². The number of benzene rings is 1. The molecule has 4 heteroatoms. The first kappa shape index (κ1) is 24.2. The van der Waals surface area contributed by atoms with Crippen LogP contribution in [0.1, 0.15) is 126 Å². The Labute approximate surface area is 187 Å². The zero-order chi connectivity index (χ0) is 22.2. The zero-order valence-electron chi connectivity index (χ0n) is 19.4. The maximum atomic E-state index is 14.8. The lowest BCUT2D eigenvalue weighted by Crippen LogP contribution is -2.25. The highest BCUT2D eigenvalue weighted by molar-refractivity contribution is 5.90. The van der Waals surface area contributed by atoms with E-state index in [9.17, 15) is 13.6 Å². The van der Waals surface area contributed by atoms with E-state index in [0.29, 0.717) is 11.5 Å². The molecule has 0 saturated heterocycles. The SMILES string of the molecule is CCCCCC1CCC(c2cc(F)c(C(=O)OC3CCC(CCC)CC3)c(F)c2)CC1. The fraction of sp³-hybridized carbons (Fsp3) is 0.741.